The molecule has 0 radical (unpaired) electrons. The largest absolute Gasteiger partial charge is 0.383 e. The van der Waals surface area contributed by atoms with Crippen molar-refractivity contribution in [1.29, 1.82) is 0 Å². The number of aromatic nitrogens is 2. The summed E-state index contributed by atoms with van der Waals surface area (Å²) in [5, 5.41) is 0. The van der Waals surface area contributed by atoms with Crippen molar-refractivity contribution in [3.05, 3.63) is 54.2 Å². The number of fused-ring (bicyclic) bond motifs is 1. The Morgan fingerprint density at radius 3 is 2.45 bits per heavy atom. The van der Waals surface area contributed by atoms with Gasteiger partial charge < -0.3 is 5.73 Å². The number of pyridine rings is 1. The van der Waals surface area contributed by atoms with Crippen LogP contribution in [0.5, 0.6) is 0 Å². The topological polar surface area (TPSA) is 43.3 Å². The van der Waals surface area contributed by atoms with Crippen LogP contribution in [0.1, 0.15) is 43.6 Å². The smallest absolute Gasteiger partial charge is 0.139 e. The van der Waals surface area contributed by atoms with Gasteiger partial charge in [0.15, 0.2) is 0 Å². The Morgan fingerprint density at radius 1 is 0.955 bits per heavy atom. The minimum absolute atomic E-state index is 0.709. The molecule has 2 N–H and O–H groups in total. The van der Waals surface area contributed by atoms with Crippen molar-refractivity contribution < 1.29 is 0 Å². The number of benzene rings is 1. The van der Waals surface area contributed by atoms with Gasteiger partial charge in [0, 0.05) is 11.8 Å². The van der Waals surface area contributed by atoms with Crippen LogP contribution in [-0.2, 0) is 0 Å². The van der Waals surface area contributed by atoms with E-state index in [0.29, 0.717) is 5.82 Å². The predicted molar refractivity (Wildman–Crippen MR) is 90.9 cm³/mol. The highest BCUT2D eigenvalue weighted by Gasteiger charge is 2.16. The third-order valence-corrected chi connectivity index (χ3v) is 4.83. The molecule has 1 fully saturated rings. The number of rotatable bonds is 2. The van der Waals surface area contributed by atoms with Gasteiger partial charge in [-0.15, -0.1) is 0 Å². The minimum Gasteiger partial charge on any atom is -0.383 e. The number of hydrogen-bond donors (Lipinski definition) is 1. The van der Waals surface area contributed by atoms with E-state index in [-0.39, 0.29) is 0 Å². The van der Waals surface area contributed by atoms with Gasteiger partial charge in [0.25, 0.3) is 0 Å². The molecule has 3 heteroatoms. The quantitative estimate of drug-likeness (QED) is 0.748. The first kappa shape index (κ1) is 13.4. The van der Waals surface area contributed by atoms with E-state index in [2.05, 4.69) is 29.2 Å². The van der Waals surface area contributed by atoms with E-state index in [9.17, 15) is 0 Å². The van der Waals surface area contributed by atoms with Crippen molar-refractivity contribution in [2.45, 2.75) is 38.0 Å². The number of hydrogen-bond acceptors (Lipinski definition) is 2. The van der Waals surface area contributed by atoms with Gasteiger partial charge in [-0.25, -0.2) is 4.98 Å². The zero-order valence-corrected chi connectivity index (χ0v) is 12.7. The molecule has 2 heterocycles. The second-order valence-electron chi connectivity index (χ2n) is 6.23. The van der Waals surface area contributed by atoms with Crippen molar-refractivity contribution in [2.24, 2.45) is 0 Å². The highest BCUT2D eigenvalue weighted by atomic mass is 15.1. The van der Waals surface area contributed by atoms with Gasteiger partial charge in [0.2, 0.25) is 0 Å². The molecule has 0 atom stereocenters. The molecule has 0 unspecified atom stereocenters. The van der Waals surface area contributed by atoms with Crippen molar-refractivity contribution in [2.75, 3.05) is 5.73 Å². The lowest BCUT2D eigenvalue weighted by Gasteiger charge is -2.22. The van der Waals surface area contributed by atoms with Crippen molar-refractivity contribution in [1.82, 2.24) is 9.38 Å². The van der Waals surface area contributed by atoms with Crippen LogP contribution in [0.3, 0.4) is 0 Å². The van der Waals surface area contributed by atoms with E-state index >= 15 is 0 Å². The number of imidazole rings is 1. The van der Waals surface area contributed by atoms with Crippen LogP contribution in [0.25, 0.3) is 16.9 Å². The summed E-state index contributed by atoms with van der Waals surface area (Å²) in [6.07, 6.45) is 8.74. The molecule has 3 nitrogen and oxygen atoms in total. The van der Waals surface area contributed by atoms with Crippen LogP contribution in [0, 0.1) is 0 Å². The van der Waals surface area contributed by atoms with Crippen LogP contribution in [0.4, 0.5) is 5.82 Å². The van der Waals surface area contributed by atoms with Gasteiger partial charge in [-0.05, 0) is 36.5 Å². The van der Waals surface area contributed by atoms with Gasteiger partial charge in [-0.2, -0.15) is 0 Å². The molecule has 1 aromatic carbocycles. The van der Waals surface area contributed by atoms with Gasteiger partial charge in [-0.1, -0.05) is 49.6 Å². The fraction of sp³-hybridized carbons (Fsp3) is 0.316. The van der Waals surface area contributed by atoms with E-state index in [0.717, 1.165) is 22.8 Å². The van der Waals surface area contributed by atoms with E-state index in [1.54, 1.807) is 0 Å². The van der Waals surface area contributed by atoms with E-state index in [4.69, 9.17) is 5.73 Å². The molecular formula is C19H21N3. The summed E-state index contributed by atoms with van der Waals surface area (Å²) >= 11 is 0. The third kappa shape index (κ3) is 2.27. The monoisotopic (exact) mass is 291 g/mol. The zero-order chi connectivity index (χ0) is 14.9. The Morgan fingerprint density at radius 2 is 1.73 bits per heavy atom. The fourth-order valence-electron chi connectivity index (χ4n) is 3.58. The lowest BCUT2D eigenvalue weighted by molar-refractivity contribution is 0.443. The summed E-state index contributed by atoms with van der Waals surface area (Å²) in [6.45, 7) is 0. The molecule has 0 aliphatic heterocycles. The number of anilines is 1. The molecule has 1 aliphatic carbocycles. The van der Waals surface area contributed by atoms with Crippen molar-refractivity contribution in [3.8, 4) is 11.3 Å². The third-order valence-electron chi connectivity index (χ3n) is 4.83. The number of nitrogen functional groups attached to an aromatic ring is 1. The first-order valence-electron chi connectivity index (χ1n) is 8.16. The average Bonchev–Trinajstić information content (AvgIpc) is 2.93. The van der Waals surface area contributed by atoms with Gasteiger partial charge in [-0.3, -0.25) is 4.40 Å². The van der Waals surface area contributed by atoms with Crippen molar-refractivity contribution >= 4 is 11.5 Å². The number of nitrogens with two attached hydrogens (primary N) is 1. The van der Waals surface area contributed by atoms with Crippen LogP contribution in [0.2, 0.25) is 0 Å². The van der Waals surface area contributed by atoms with E-state index in [1.165, 1.54) is 37.7 Å². The van der Waals surface area contributed by atoms with Crippen LogP contribution in [-0.4, -0.2) is 9.38 Å². The Kier molecular flexibility index (Phi) is 3.34. The predicted octanol–water partition coefficient (Wildman–Crippen LogP) is 4.63. The fourth-order valence-corrected chi connectivity index (χ4v) is 3.58. The summed E-state index contributed by atoms with van der Waals surface area (Å²) in [7, 11) is 0. The molecular weight excluding hydrogens is 270 g/mol. The van der Waals surface area contributed by atoms with Gasteiger partial charge >= 0.3 is 0 Å². The highest BCUT2D eigenvalue weighted by Crippen LogP contribution is 2.34. The van der Waals surface area contributed by atoms with Gasteiger partial charge in [0.05, 0.1) is 0 Å². The summed E-state index contributed by atoms with van der Waals surface area (Å²) < 4.78 is 1.93. The first-order chi connectivity index (χ1) is 10.8. The Bertz CT molecular complexity index is 780. The van der Waals surface area contributed by atoms with Gasteiger partial charge in [0.1, 0.15) is 17.2 Å². The zero-order valence-electron chi connectivity index (χ0n) is 12.7. The SMILES string of the molecule is Nc1c(-c2ccc(C3CCCCC3)cc2)nc2ccccn12. The maximum absolute atomic E-state index is 6.25. The first-order valence-corrected chi connectivity index (χ1v) is 8.16. The number of nitrogens with zero attached hydrogens (tertiary/aromatic N) is 2. The lowest BCUT2D eigenvalue weighted by Crippen LogP contribution is -2.04. The van der Waals surface area contributed by atoms with Crippen LogP contribution in [0.15, 0.2) is 48.7 Å². The lowest BCUT2D eigenvalue weighted by atomic mass is 9.84. The Labute approximate surface area is 130 Å². The molecule has 0 spiro atoms. The molecule has 3 aromatic rings. The maximum Gasteiger partial charge on any atom is 0.139 e. The highest BCUT2D eigenvalue weighted by molar-refractivity contribution is 5.75. The molecule has 0 amide bonds. The Hall–Kier alpha value is -2.29. The van der Waals surface area contributed by atoms with Crippen molar-refractivity contribution in [3.63, 3.8) is 0 Å². The normalized spacial score (nSPS) is 16.2. The maximum atomic E-state index is 6.25. The molecule has 0 bridgehead atoms. The van der Waals surface area contributed by atoms with E-state index in [1.807, 2.05) is 28.8 Å². The second-order valence-corrected chi connectivity index (χ2v) is 6.23. The molecule has 0 saturated heterocycles. The molecule has 4 rings (SSSR count). The molecule has 1 saturated carbocycles. The molecule has 112 valence electrons. The molecule has 1 aliphatic rings. The summed E-state index contributed by atoms with van der Waals surface area (Å²) in [5.74, 6) is 1.45. The second kappa shape index (κ2) is 5.48. The average molecular weight is 291 g/mol. The Balaban J connectivity index is 1.68. The van der Waals surface area contributed by atoms with Crippen LogP contribution >= 0.6 is 0 Å². The summed E-state index contributed by atoms with van der Waals surface area (Å²) in [6, 6.07) is 14.8. The minimum atomic E-state index is 0.709. The summed E-state index contributed by atoms with van der Waals surface area (Å²) in [5.41, 5.74) is 10.6. The van der Waals surface area contributed by atoms with E-state index < -0.39 is 0 Å². The van der Waals surface area contributed by atoms with Crippen LogP contribution < -0.4 is 5.73 Å². The molecule has 22 heavy (non-hydrogen) atoms. The standard InChI is InChI=1S/C19H21N3/c20-19-18(21-17-8-4-5-13-22(17)19)16-11-9-15(10-12-16)14-6-2-1-3-7-14/h4-5,8-14H,1-3,6-7,20H2. The summed E-state index contributed by atoms with van der Waals surface area (Å²) in [4.78, 5) is 4.66. The molecule has 2 aromatic heterocycles.